The lowest BCUT2D eigenvalue weighted by atomic mass is 9.77. The van der Waals surface area contributed by atoms with Crippen molar-refractivity contribution in [2.45, 2.75) is 31.2 Å². The van der Waals surface area contributed by atoms with Crippen LogP contribution < -0.4 is 5.73 Å². The molecule has 0 radical (unpaired) electrons. The molecule has 4 nitrogen and oxygen atoms in total. The molecule has 1 heterocycles. The molecule has 88 valence electrons. The summed E-state index contributed by atoms with van der Waals surface area (Å²) >= 11 is 0. The number of H-pyrrole nitrogens is 1. The maximum absolute atomic E-state index is 6.24. The summed E-state index contributed by atoms with van der Waals surface area (Å²) in [7, 11) is 0. The summed E-state index contributed by atoms with van der Waals surface area (Å²) in [4.78, 5) is 4.15. The number of nitrogens with zero attached hydrogens (tertiary/aromatic N) is 2. The van der Waals surface area contributed by atoms with E-state index in [-0.39, 0.29) is 6.04 Å². The largest absolute Gasteiger partial charge is 0.318 e. The zero-order chi connectivity index (χ0) is 11.7. The molecule has 1 atom stereocenters. The maximum Gasteiger partial charge on any atom is 0.145 e. The first-order chi connectivity index (χ1) is 8.36. The summed E-state index contributed by atoms with van der Waals surface area (Å²) in [6, 6.07) is 8.21. The van der Waals surface area contributed by atoms with Crippen LogP contribution >= 0.6 is 0 Å². The van der Waals surface area contributed by atoms with Gasteiger partial charge in [0.2, 0.25) is 0 Å². The van der Waals surface area contributed by atoms with Crippen LogP contribution in [-0.2, 0) is 0 Å². The minimum absolute atomic E-state index is 0.200. The number of hydrogen-bond donors (Lipinski definition) is 2. The second-order valence-corrected chi connectivity index (χ2v) is 4.61. The van der Waals surface area contributed by atoms with E-state index in [2.05, 4.69) is 33.4 Å². The highest BCUT2D eigenvalue weighted by Gasteiger charge is 2.24. The quantitative estimate of drug-likeness (QED) is 0.845. The standard InChI is InChI=1S/C13H16N4/c14-12(13-15-8-16-17-13)11-7-2-1-6-10(11)9-4-3-5-9/h1-2,6-9,12H,3-5,14H2,(H,15,16,17). The molecule has 1 aromatic carbocycles. The van der Waals surface area contributed by atoms with Crippen molar-refractivity contribution in [2.75, 3.05) is 0 Å². The predicted octanol–water partition coefficient (Wildman–Crippen LogP) is 2.12. The van der Waals surface area contributed by atoms with Crippen molar-refractivity contribution >= 4 is 0 Å². The van der Waals surface area contributed by atoms with E-state index in [1.807, 2.05) is 6.07 Å². The molecule has 0 bridgehead atoms. The van der Waals surface area contributed by atoms with E-state index < -0.39 is 0 Å². The summed E-state index contributed by atoms with van der Waals surface area (Å²) in [5.41, 5.74) is 8.80. The van der Waals surface area contributed by atoms with Crippen LogP contribution in [0.5, 0.6) is 0 Å². The Morgan fingerprint density at radius 3 is 2.76 bits per heavy atom. The normalized spacial score (nSPS) is 17.7. The third kappa shape index (κ3) is 1.85. The minimum atomic E-state index is -0.200. The molecule has 17 heavy (non-hydrogen) atoms. The van der Waals surface area contributed by atoms with Crippen LogP contribution in [0, 0.1) is 0 Å². The van der Waals surface area contributed by atoms with E-state index in [0.29, 0.717) is 5.92 Å². The van der Waals surface area contributed by atoms with E-state index >= 15 is 0 Å². The lowest BCUT2D eigenvalue weighted by Crippen LogP contribution is -2.19. The van der Waals surface area contributed by atoms with Gasteiger partial charge in [0.1, 0.15) is 12.2 Å². The van der Waals surface area contributed by atoms with Gasteiger partial charge in [-0.3, -0.25) is 5.10 Å². The molecule has 4 heteroatoms. The Morgan fingerprint density at radius 1 is 1.29 bits per heavy atom. The Labute approximate surface area is 100 Å². The fourth-order valence-corrected chi connectivity index (χ4v) is 2.40. The first-order valence-corrected chi connectivity index (χ1v) is 6.06. The first-order valence-electron chi connectivity index (χ1n) is 6.06. The number of nitrogens with one attached hydrogen (secondary N) is 1. The second kappa shape index (κ2) is 4.30. The number of nitrogens with two attached hydrogens (primary N) is 1. The van der Waals surface area contributed by atoms with Crippen molar-refractivity contribution < 1.29 is 0 Å². The van der Waals surface area contributed by atoms with E-state index in [9.17, 15) is 0 Å². The lowest BCUT2D eigenvalue weighted by Gasteiger charge is -2.29. The number of aromatic amines is 1. The van der Waals surface area contributed by atoms with E-state index in [0.717, 1.165) is 5.82 Å². The van der Waals surface area contributed by atoms with Gasteiger partial charge in [-0.05, 0) is 29.9 Å². The van der Waals surface area contributed by atoms with E-state index in [1.54, 1.807) is 0 Å². The topological polar surface area (TPSA) is 67.6 Å². The molecule has 0 spiro atoms. The second-order valence-electron chi connectivity index (χ2n) is 4.61. The fraction of sp³-hybridized carbons (Fsp3) is 0.385. The van der Waals surface area contributed by atoms with Crippen molar-refractivity contribution in [3.8, 4) is 0 Å². The Kier molecular flexibility index (Phi) is 2.65. The average molecular weight is 228 g/mol. The van der Waals surface area contributed by atoms with Gasteiger partial charge in [-0.15, -0.1) is 0 Å². The van der Waals surface area contributed by atoms with Crippen LogP contribution in [0.2, 0.25) is 0 Å². The Balaban J connectivity index is 1.96. The van der Waals surface area contributed by atoms with Gasteiger partial charge in [-0.25, -0.2) is 4.98 Å². The monoisotopic (exact) mass is 228 g/mol. The molecule has 0 aliphatic heterocycles. The molecule has 1 saturated carbocycles. The summed E-state index contributed by atoms with van der Waals surface area (Å²) in [6.45, 7) is 0. The van der Waals surface area contributed by atoms with Crippen LogP contribution in [0.25, 0.3) is 0 Å². The number of aromatic nitrogens is 3. The van der Waals surface area contributed by atoms with Crippen molar-refractivity contribution in [3.63, 3.8) is 0 Å². The molecule has 1 unspecified atom stereocenters. The van der Waals surface area contributed by atoms with Gasteiger partial charge >= 0.3 is 0 Å². The van der Waals surface area contributed by atoms with Crippen LogP contribution in [0.1, 0.15) is 48.2 Å². The molecule has 1 aromatic heterocycles. The van der Waals surface area contributed by atoms with Crippen molar-refractivity contribution in [2.24, 2.45) is 5.73 Å². The lowest BCUT2D eigenvalue weighted by molar-refractivity contribution is 0.416. The number of hydrogen-bond acceptors (Lipinski definition) is 3. The van der Waals surface area contributed by atoms with Gasteiger partial charge < -0.3 is 5.73 Å². The van der Waals surface area contributed by atoms with Crippen molar-refractivity contribution in [1.29, 1.82) is 0 Å². The Bertz CT molecular complexity index is 488. The van der Waals surface area contributed by atoms with Crippen LogP contribution in [0.3, 0.4) is 0 Å². The SMILES string of the molecule is NC(c1ncn[nH]1)c1ccccc1C1CCC1. The molecular formula is C13H16N4. The molecular weight excluding hydrogens is 212 g/mol. The van der Waals surface area contributed by atoms with Gasteiger partial charge in [0.25, 0.3) is 0 Å². The van der Waals surface area contributed by atoms with Gasteiger partial charge in [-0.2, -0.15) is 5.10 Å². The molecule has 1 fully saturated rings. The summed E-state index contributed by atoms with van der Waals surface area (Å²) in [5, 5.41) is 6.71. The number of rotatable bonds is 3. The average Bonchev–Trinajstić information content (AvgIpc) is 2.80. The Morgan fingerprint density at radius 2 is 2.12 bits per heavy atom. The van der Waals surface area contributed by atoms with Gasteiger partial charge in [-0.1, -0.05) is 30.7 Å². The van der Waals surface area contributed by atoms with Gasteiger partial charge in [0.05, 0.1) is 6.04 Å². The predicted molar refractivity (Wildman–Crippen MR) is 65.4 cm³/mol. The third-order valence-corrected chi connectivity index (χ3v) is 3.60. The zero-order valence-electron chi connectivity index (χ0n) is 9.63. The highest BCUT2D eigenvalue weighted by molar-refractivity contribution is 5.36. The van der Waals surface area contributed by atoms with Crippen molar-refractivity contribution in [3.05, 3.63) is 47.5 Å². The van der Waals surface area contributed by atoms with Gasteiger partial charge in [0, 0.05) is 0 Å². The first kappa shape index (κ1) is 10.5. The number of benzene rings is 1. The van der Waals surface area contributed by atoms with E-state index in [1.165, 1.54) is 36.7 Å². The molecule has 1 aliphatic rings. The van der Waals surface area contributed by atoms with E-state index in [4.69, 9.17) is 5.73 Å². The molecule has 0 saturated heterocycles. The smallest absolute Gasteiger partial charge is 0.145 e. The fourth-order valence-electron chi connectivity index (χ4n) is 2.40. The third-order valence-electron chi connectivity index (χ3n) is 3.60. The van der Waals surface area contributed by atoms with Crippen LogP contribution in [-0.4, -0.2) is 15.2 Å². The van der Waals surface area contributed by atoms with Gasteiger partial charge in [0.15, 0.2) is 0 Å². The molecule has 3 rings (SSSR count). The molecule has 1 aliphatic carbocycles. The summed E-state index contributed by atoms with van der Waals surface area (Å²) in [6.07, 6.45) is 5.39. The Hall–Kier alpha value is -1.68. The van der Waals surface area contributed by atoms with Crippen molar-refractivity contribution in [1.82, 2.24) is 15.2 Å². The zero-order valence-corrected chi connectivity index (χ0v) is 9.63. The maximum atomic E-state index is 6.24. The summed E-state index contributed by atoms with van der Waals surface area (Å²) in [5.74, 6) is 1.41. The summed E-state index contributed by atoms with van der Waals surface area (Å²) < 4.78 is 0. The molecule has 2 aromatic rings. The van der Waals surface area contributed by atoms with Crippen LogP contribution in [0.15, 0.2) is 30.6 Å². The van der Waals surface area contributed by atoms with Crippen LogP contribution in [0.4, 0.5) is 0 Å². The highest BCUT2D eigenvalue weighted by Crippen LogP contribution is 2.39. The minimum Gasteiger partial charge on any atom is -0.318 e. The molecule has 3 N–H and O–H groups in total. The molecule has 0 amide bonds. The highest BCUT2D eigenvalue weighted by atomic mass is 15.2.